The van der Waals surface area contributed by atoms with Crippen LogP contribution in [-0.4, -0.2) is 6.72 Å². The van der Waals surface area contributed by atoms with Crippen molar-refractivity contribution in [1.29, 1.82) is 0 Å². The van der Waals surface area contributed by atoms with Gasteiger partial charge in [-0.3, -0.25) is 5.43 Å². The number of rotatable bonds is 4. The Balaban J connectivity index is 0.000000956. The van der Waals surface area contributed by atoms with Crippen LogP contribution in [0.1, 0.15) is 44.1 Å². The van der Waals surface area contributed by atoms with Crippen molar-refractivity contribution < 1.29 is 0 Å². The van der Waals surface area contributed by atoms with Crippen molar-refractivity contribution in [2.75, 3.05) is 5.43 Å². The first-order valence-corrected chi connectivity index (χ1v) is 7.86. The Labute approximate surface area is 126 Å². The SMILES string of the molecule is C=NNc1c(C)cccc1-c1ccc(C(C)C)s1.CC. The molecule has 1 aromatic heterocycles. The fourth-order valence-corrected chi connectivity index (χ4v) is 2.95. The van der Waals surface area contributed by atoms with E-state index in [9.17, 15) is 0 Å². The molecular weight excluding hydrogens is 264 g/mol. The first-order chi connectivity index (χ1) is 9.63. The lowest BCUT2D eigenvalue weighted by Crippen LogP contribution is -1.93. The van der Waals surface area contributed by atoms with Crippen LogP contribution in [0.25, 0.3) is 10.4 Å². The Kier molecular flexibility index (Phi) is 6.46. The summed E-state index contributed by atoms with van der Waals surface area (Å²) in [6, 6.07) is 10.7. The predicted molar refractivity (Wildman–Crippen MR) is 93.1 cm³/mol. The minimum Gasteiger partial charge on any atom is -0.278 e. The molecule has 0 saturated heterocycles. The largest absolute Gasteiger partial charge is 0.278 e. The van der Waals surface area contributed by atoms with E-state index in [-0.39, 0.29) is 0 Å². The molecule has 0 fully saturated rings. The van der Waals surface area contributed by atoms with Gasteiger partial charge in [0, 0.05) is 22.0 Å². The molecule has 2 rings (SSSR count). The number of hydrogen-bond donors (Lipinski definition) is 1. The minimum absolute atomic E-state index is 0.572. The molecule has 1 N–H and O–H groups in total. The molecule has 0 aliphatic heterocycles. The zero-order valence-electron chi connectivity index (χ0n) is 13.0. The van der Waals surface area contributed by atoms with Crippen molar-refractivity contribution in [2.24, 2.45) is 5.10 Å². The second-order valence-electron chi connectivity index (χ2n) is 4.62. The van der Waals surface area contributed by atoms with Crippen LogP contribution in [0.5, 0.6) is 0 Å². The molecule has 20 heavy (non-hydrogen) atoms. The van der Waals surface area contributed by atoms with Gasteiger partial charge in [-0.25, -0.2) is 0 Å². The summed E-state index contributed by atoms with van der Waals surface area (Å²) in [6.07, 6.45) is 0. The highest BCUT2D eigenvalue weighted by Crippen LogP contribution is 2.37. The number of para-hydroxylation sites is 1. The van der Waals surface area contributed by atoms with Gasteiger partial charge < -0.3 is 0 Å². The zero-order valence-corrected chi connectivity index (χ0v) is 13.8. The average molecular weight is 288 g/mol. The molecule has 0 aliphatic rings. The second-order valence-corrected chi connectivity index (χ2v) is 5.74. The van der Waals surface area contributed by atoms with E-state index in [0.717, 1.165) is 5.69 Å². The van der Waals surface area contributed by atoms with E-state index < -0.39 is 0 Å². The summed E-state index contributed by atoms with van der Waals surface area (Å²) in [6.45, 7) is 14.0. The molecule has 108 valence electrons. The summed E-state index contributed by atoms with van der Waals surface area (Å²) in [5.74, 6) is 0.572. The molecule has 0 spiro atoms. The highest BCUT2D eigenvalue weighted by atomic mass is 32.1. The molecule has 3 heteroatoms. The number of benzene rings is 1. The first-order valence-electron chi connectivity index (χ1n) is 7.05. The van der Waals surface area contributed by atoms with Crippen molar-refractivity contribution in [3.05, 3.63) is 40.8 Å². The third kappa shape index (κ3) is 3.70. The van der Waals surface area contributed by atoms with Crippen molar-refractivity contribution in [3.8, 4) is 10.4 Å². The third-order valence-electron chi connectivity index (χ3n) is 2.92. The lowest BCUT2D eigenvalue weighted by atomic mass is 10.1. The molecule has 1 heterocycles. The Bertz CT molecular complexity index is 556. The van der Waals surface area contributed by atoms with Crippen molar-refractivity contribution in [1.82, 2.24) is 0 Å². The molecule has 0 radical (unpaired) electrons. The van der Waals surface area contributed by atoms with Gasteiger partial charge >= 0.3 is 0 Å². The zero-order chi connectivity index (χ0) is 15.1. The minimum atomic E-state index is 0.572. The van der Waals surface area contributed by atoms with Gasteiger partial charge in [-0.1, -0.05) is 45.9 Å². The van der Waals surface area contributed by atoms with Crippen molar-refractivity contribution in [2.45, 2.75) is 40.5 Å². The second kappa shape index (κ2) is 7.85. The molecule has 0 unspecified atom stereocenters. The Morgan fingerprint density at radius 1 is 1.15 bits per heavy atom. The van der Waals surface area contributed by atoms with E-state index in [1.807, 2.05) is 25.2 Å². The predicted octanol–water partition coefficient (Wildman–Crippen LogP) is 5.90. The Morgan fingerprint density at radius 3 is 2.40 bits per heavy atom. The number of aryl methyl sites for hydroxylation is 1. The topological polar surface area (TPSA) is 24.4 Å². The van der Waals surface area contributed by atoms with Crippen molar-refractivity contribution in [3.63, 3.8) is 0 Å². The molecule has 0 atom stereocenters. The van der Waals surface area contributed by atoms with E-state index in [4.69, 9.17) is 0 Å². The summed E-state index contributed by atoms with van der Waals surface area (Å²) < 4.78 is 0. The first kappa shape index (κ1) is 16.4. The molecular formula is C17H24N2S. The van der Waals surface area contributed by atoms with Crippen LogP contribution in [0, 0.1) is 6.92 Å². The fourth-order valence-electron chi connectivity index (χ4n) is 1.91. The van der Waals surface area contributed by atoms with Gasteiger partial charge in [-0.15, -0.1) is 11.3 Å². The monoisotopic (exact) mass is 288 g/mol. The van der Waals surface area contributed by atoms with Crippen molar-refractivity contribution >= 4 is 23.7 Å². The van der Waals surface area contributed by atoms with E-state index in [1.54, 1.807) is 0 Å². The summed E-state index contributed by atoms with van der Waals surface area (Å²) >= 11 is 1.84. The smallest absolute Gasteiger partial charge is 0.0677 e. The lowest BCUT2D eigenvalue weighted by Gasteiger charge is -2.10. The van der Waals surface area contributed by atoms with Gasteiger partial charge in [0.05, 0.1) is 5.69 Å². The number of hydrazone groups is 1. The highest BCUT2D eigenvalue weighted by Gasteiger charge is 2.10. The van der Waals surface area contributed by atoms with Gasteiger partial charge in [0.1, 0.15) is 0 Å². The summed E-state index contributed by atoms with van der Waals surface area (Å²) in [7, 11) is 0. The normalized spacial score (nSPS) is 9.90. The average Bonchev–Trinajstić information content (AvgIpc) is 2.93. The van der Waals surface area contributed by atoms with Gasteiger partial charge in [0.2, 0.25) is 0 Å². The maximum Gasteiger partial charge on any atom is 0.0677 e. The molecule has 1 aromatic carbocycles. The fraction of sp³-hybridized carbons (Fsp3) is 0.353. The highest BCUT2D eigenvalue weighted by molar-refractivity contribution is 7.15. The van der Waals surface area contributed by atoms with Crippen LogP contribution >= 0.6 is 11.3 Å². The Hall–Kier alpha value is -1.61. The maximum absolute atomic E-state index is 3.80. The van der Waals surface area contributed by atoms with Crippen LogP contribution in [-0.2, 0) is 0 Å². The van der Waals surface area contributed by atoms with Crippen LogP contribution in [0.2, 0.25) is 0 Å². The van der Waals surface area contributed by atoms with Crippen LogP contribution in [0.4, 0.5) is 5.69 Å². The number of thiophene rings is 1. The van der Waals surface area contributed by atoms with E-state index in [2.05, 4.69) is 68.3 Å². The van der Waals surface area contributed by atoms with Gasteiger partial charge in [0.25, 0.3) is 0 Å². The maximum atomic E-state index is 3.80. The number of nitrogens with zero attached hydrogens (tertiary/aromatic N) is 1. The van der Waals surface area contributed by atoms with Crippen LogP contribution < -0.4 is 5.43 Å². The quantitative estimate of drug-likeness (QED) is 0.549. The van der Waals surface area contributed by atoms with Gasteiger partial charge in [0.15, 0.2) is 0 Å². The third-order valence-corrected chi connectivity index (χ3v) is 4.34. The molecule has 2 aromatic rings. The van der Waals surface area contributed by atoms with E-state index in [1.165, 1.54) is 20.9 Å². The number of nitrogens with one attached hydrogen (secondary N) is 1. The molecule has 2 nitrogen and oxygen atoms in total. The number of anilines is 1. The van der Waals surface area contributed by atoms with Gasteiger partial charge in [-0.2, -0.15) is 5.10 Å². The lowest BCUT2D eigenvalue weighted by molar-refractivity contribution is 0.890. The summed E-state index contributed by atoms with van der Waals surface area (Å²) in [4.78, 5) is 2.68. The molecule has 0 amide bonds. The standard InChI is InChI=1S/C15H18N2S.C2H6/c1-10(2)13-8-9-14(18-13)12-7-5-6-11(3)15(12)17-16-4;1-2/h5-10,17H,4H2,1-3H3;1-2H3. The summed E-state index contributed by atoms with van der Waals surface area (Å²) in [5.41, 5.74) is 6.42. The molecule has 0 saturated carbocycles. The summed E-state index contributed by atoms with van der Waals surface area (Å²) in [5, 5.41) is 3.80. The van der Waals surface area contributed by atoms with E-state index in [0.29, 0.717) is 5.92 Å². The Morgan fingerprint density at radius 2 is 1.85 bits per heavy atom. The molecule has 0 aliphatic carbocycles. The molecule has 0 bridgehead atoms. The number of hydrogen-bond acceptors (Lipinski definition) is 3. The van der Waals surface area contributed by atoms with E-state index >= 15 is 0 Å². The van der Waals surface area contributed by atoms with Crippen LogP contribution in [0.15, 0.2) is 35.4 Å². The van der Waals surface area contributed by atoms with Crippen LogP contribution in [0.3, 0.4) is 0 Å². The van der Waals surface area contributed by atoms with Gasteiger partial charge in [-0.05, 0) is 30.5 Å².